The summed E-state index contributed by atoms with van der Waals surface area (Å²) in [7, 11) is 0. The molecule has 32 heavy (non-hydrogen) atoms. The van der Waals surface area contributed by atoms with Gasteiger partial charge < -0.3 is 20.3 Å². The van der Waals surface area contributed by atoms with Crippen molar-refractivity contribution >= 4 is 28.9 Å². The SMILES string of the molecule is C=CC(=O)Nc1cc(-c2ccnc(Nc3ccc(F)c(N4CCOCC4)c3)n2)ccc1F. The molecular formula is C23H21F2N5O2. The van der Waals surface area contributed by atoms with E-state index in [9.17, 15) is 13.6 Å². The Morgan fingerprint density at radius 1 is 1.09 bits per heavy atom. The summed E-state index contributed by atoms with van der Waals surface area (Å²) >= 11 is 0. The molecule has 2 aromatic carbocycles. The highest BCUT2D eigenvalue weighted by molar-refractivity contribution is 5.99. The van der Waals surface area contributed by atoms with Gasteiger partial charge in [0, 0.05) is 30.5 Å². The summed E-state index contributed by atoms with van der Waals surface area (Å²) in [6.07, 6.45) is 2.62. The Balaban J connectivity index is 1.57. The van der Waals surface area contributed by atoms with Crippen LogP contribution in [0.15, 0.2) is 61.3 Å². The van der Waals surface area contributed by atoms with Crippen molar-refractivity contribution in [3.63, 3.8) is 0 Å². The number of rotatable bonds is 6. The van der Waals surface area contributed by atoms with Gasteiger partial charge >= 0.3 is 0 Å². The minimum absolute atomic E-state index is 0.0224. The molecule has 1 aromatic heterocycles. The van der Waals surface area contributed by atoms with Crippen molar-refractivity contribution in [2.24, 2.45) is 0 Å². The molecule has 7 nitrogen and oxygen atoms in total. The lowest BCUT2D eigenvalue weighted by Crippen LogP contribution is -2.36. The average Bonchev–Trinajstić information content (AvgIpc) is 2.82. The molecular weight excluding hydrogens is 416 g/mol. The van der Waals surface area contributed by atoms with Crippen molar-refractivity contribution < 1.29 is 18.3 Å². The van der Waals surface area contributed by atoms with E-state index in [-0.39, 0.29) is 11.5 Å². The molecule has 0 radical (unpaired) electrons. The Morgan fingerprint density at radius 2 is 1.88 bits per heavy atom. The molecule has 4 rings (SSSR count). The number of anilines is 4. The van der Waals surface area contributed by atoms with E-state index < -0.39 is 11.7 Å². The van der Waals surface area contributed by atoms with Gasteiger partial charge in [0.05, 0.1) is 30.3 Å². The molecule has 0 bridgehead atoms. The van der Waals surface area contributed by atoms with Gasteiger partial charge in [-0.1, -0.05) is 6.58 Å². The van der Waals surface area contributed by atoms with Gasteiger partial charge in [-0.2, -0.15) is 0 Å². The second-order valence-electron chi connectivity index (χ2n) is 7.04. The first-order valence-electron chi connectivity index (χ1n) is 9.99. The van der Waals surface area contributed by atoms with Crippen molar-refractivity contribution in [3.05, 3.63) is 73.0 Å². The molecule has 2 heterocycles. The second-order valence-corrected chi connectivity index (χ2v) is 7.04. The van der Waals surface area contributed by atoms with Crippen molar-refractivity contribution in [1.82, 2.24) is 9.97 Å². The van der Waals surface area contributed by atoms with Crippen LogP contribution in [-0.2, 0) is 9.53 Å². The number of ether oxygens (including phenoxy) is 1. The van der Waals surface area contributed by atoms with Crippen LogP contribution in [0.3, 0.4) is 0 Å². The van der Waals surface area contributed by atoms with E-state index in [1.165, 1.54) is 18.2 Å². The third-order valence-corrected chi connectivity index (χ3v) is 4.92. The number of benzene rings is 2. The van der Waals surface area contributed by atoms with Crippen LogP contribution in [0.2, 0.25) is 0 Å². The van der Waals surface area contributed by atoms with Gasteiger partial charge in [0.15, 0.2) is 0 Å². The minimum Gasteiger partial charge on any atom is -0.378 e. The predicted octanol–water partition coefficient (Wildman–Crippen LogP) is 4.13. The lowest BCUT2D eigenvalue weighted by molar-refractivity contribution is -0.111. The number of amides is 1. The molecule has 3 aromatic rings. The topological polar surface area (TPSA) is 79.4 Å². The fraction of sp³-hybridized carbons (Fsp3) is 0.174. The zero-order valence-corrected chi connectivity index (χ0v) is 17.1. The zero-order valence-electron chi connectivity index (χ0n) is 17.1. The fourth-order valence-electron chi connectivity index (χ4n) is 3.31. The highest BCUT2D eigenvalue weighted by Crippen LogP contribution is 2.27. The Labute approximate surface area is 183 Å². The van der Waals surface area contributed by atoms with E-state index in [0.29, 0.717) is 54.9 Å². The second kappa shape index (κ2) is 9.52. The maximum Gasteiger partial charge on any atom is 0.247 e. The highest BCUT2D eigenvalue weighted by atomic mass is 19.1. The van der Waals surface area contributed by atoms with E-state index in [1.807, 2.05) is 4.90 Å². The van der Waals surface area contributed by atoms with E-state index >= 15 is 0 Å². The minimum atomic E-state index is -0.571. The summed E-state index contributed by atoms with van der Waals surface area (Å²) in [6.45, 7) is 5.69. The van der Waals surface area contributed by atoms with Crippen molar-refractivity contribution in [2.75, 3.05) is 41.8 Å². The lowest BCUT2D eigenvalue weighted by Gasteiger charge is -2.29. The molecule has 0 unspecified atom stereocenters. The number of nitrogens with zero attached hydrogens (tertiary/aromatic N) is 3. The fourth-order valence-corrected chi connectivity index (χ4v) is 3.31. The standard InChI is InChI=1S/C23H21F2N5O2/c1-2-22(31)28-20-13-15(3-5-17(20)24)19-7-8-26-23(29-19)27-16-4-6-18(25)21(14-16)30-9-11-32-12-10-30/h2-8,13-14H,1,9-12H2,(H,28,31)(H,26,27,29). The van der Waals surface area contributed by atoms with Gasteiger partial charge in [0.2, 0.25) is 11.9 Å². The van der Waals surface area contributed by atoms with Crippen molar-refractivity contribution in [1.29, 1.82) is 0 Å². The van der Waals surface area contributed by atoms with E-state index in [0.717, 1.165) is 6.08 Å². The monoisotopic (exact) mass is 437 g/mol. The molecule has 1 aliphatic heterocycles. The smallest absolute Gasteiger partial charge is 0.247 e. The van der Waals surface area contributed by atoms with Gasteiger partial charge in [-0.3, -0.25) is 4.79 Å². The Kier molecular flexibility index (Phi) is 6.37. The molecule has 2 N–H and O–H groups in total. The maximum atomic E-state index is 14.4. The highest BCUT2D eigenvalue weighted by Gasteiger charge is 2.16. The van der Waals surface area contributed by atoms with Crippen LogP contribution in [0.5, 0.6) is 0 Å². The number of nitrogens with one attached hydrogen (secondary N) is 2. The summed E-state index contributed by atoms with van der Waals surface area (Å²) < 4.78 is 33.7. The summed E-state index contributed by atoms with van der Waals surface area (Å²) in [5.41, 5.74) is 2.24. The summed E-state index contributed by atoms with van der Waals surface area (Å²) in [4.78, 5) is 22.2. The number of morpholine rings is 1. The van der Waals surface area contributed by atoms with Crippen LogP contribution in [0.4, 0.5) is 31.8 Å². The molecule has 0 atom stereocenters. The number of halogens is 2. The third kappa shape index (κ3) is 4.89. The Morgan fingerprint density at radius 3 is 2.66 bits per heavy atom. The van der Waals surface area contributed by atoms with Gasteiger partial charge in [-0.25, -0.2) is 18.7 Å². The maximum absolute atomic E-state index is 14.4. The van der Waals surface area contributed by atoms with Crippen LogP contribution >= 0.6 is 0 Å². The lowest BCUT2D eigenvalue weighted by atomic mass is 10.1. The molecule has 9 heteroatoms. The summed E-state index contributed by atoms with van der Waals surface area (Å²) in [5, 5.41) is 5.51. The van der Waals surface area contributed by atoms with Crippen molar-refractivity contribution in [3.8, 4) is 11.3 Å². The first-order valence-corrected chi connectivity index (χ1v) is 9.99. The first-order chi connectivity index (χ1) is 15.5. The van der Waals surface area contributed by atoms with E-state index in [1.54, 1.807) is 30.5 Å². The number of carbonyl (C=O) groups is 1. The number of hydrogen-bond acceptors (Lipinski definition) is 6. The van der Waals surface area contributed by atoms with Crippen LogP contribution < -0.4 is 15.5 Å². The first kappa shape index (κ1) is 21.4. The quantitative estimate of drug-likeness (QED) is 0.565. The molecule has 164 valence electrons. The molecule has 1 fully saturated rings. The number of carbonyl (C=O) groups excluding carboxylic acids is 1. The third-order valence-electron chi connectivity index (χ3n) is 4.92. The number of aromatic nitrogens is 2. The van der Waals surface area contributed by atoms with Crippen LogP contribution in [0, 0.1) is 11.6 Å². The molecule has 0 spiro atoms. The van der Waals surface area contributed by atoms with Gasteiger partial charge in [0.25, 0.3) is 0 Å². The largest absolute Gasteiger partial charge is 0.378 e. The van der Waals surface area contributed by atoms with Crippen molar-refractivity contribution in [2.45, 2.75) is 0 Å². The Hall–Kier alpha value is -3.85. The predicted molar refractivity (Wildman–Crippen MR) is 119 cm³/mol. The molecule has 1 amide bonds. The van der Waals surface area contributed by atoms with Gasteiger partial charge in [0.1, 0.15) is 11.6 Å². The summed E-state index contributed by atoms with van der Waals surface area (Å²) in [6, 6.07) is 10.7. The molecule has 0 saturated carbocycles. The van der Waals surface area contributed by atoms with Crippen LogP contribution in [0.1, 0.15) is 0 Å². The molecule has 1 aliphatic rings. The molecule has 1 saturated heterocycles. The molecule has 0 aliphatic carbocycles. The van der Waals surface area contributed by atoms with Gasteiger partial charge in [-0.15, -0.1) is 0 Å². The normalized spacial score (nSPS) is 13.5. The zero-order chi connectivity index (χ0) is 22.5. The Bertz CT molecular complexity index is 1150. The van der Waals surface area contributed by atoms with E-state index in [4.69, 9.17) is 4.74 Å². The number of hydrogen-bond donors (Lipinski definition) is 2. The van der Waals surface area contributed by atoms with E-state index in [2.05, 4.69) is 27.2 Å². The average molecular weight is 437 g/mol. The summed E-state index contributed by atoms with van der Waals surface area (Å²) in [5.74, 6) is -1.10. The van der Waals surface area contributed by atoms with Gasteiger partial charge in [-0.05, 0) is 48.5 Å². The van der Waals surface area contributed by atoms with Crippen LogP contribution in [0.25, 0.3) is 11.3 Å². The van der Waals surface area contributed by atoms with Crippen LogP contribution in [-0.4, -0.2) is 42.2 Å².